The molecular formula is C29H40N2O6. The Kier molecular flexibility index (Phi) is 7.81. The summed E-state index contributed by atoms with van der Waals surface area (Å²) in [5, 5.41) is 10.6. The van der Waals surface area contributed by atoms with E-state index in [1.54, 1.807) is 17.9 Å². The van der Waals surface area contributed by atoms with Gasteiger partial charge in [0, 0.05) is 12.6 Å². The first-order valence-corrected chi connectivity index (χ1v) is 13.5. The third-order valence-electron chi connectivity index (χ3n) is 8.53. The van der Waals surface area contributed by atoms with E-state index in [0.717, 1.165) is 18.4 Å². The number of benzene rings is 1. The van der Waals surface area contributed by atoms with Crippen LogP contribution in [0, 0.1) is 11.8 Å². The van der Waals surface area contributed by atoms with Crippen molar-refractivity contribution >= 4 is 17.8 Å². The normalized spacial score (nSPS) is 31.6. The van der Waals surface area contributed by atoms with Crippen molar-refractivity contribution in [2.24, 2.45) is 11.8 Å². The maximum atomic E-state index is 14.5. The van der Waals surface area contributed by atoms with Crippen LogP contribution in [0.1, 0.15) is 65.0 Å². The minimum Gasteiger partial charge on any atom is -0.466 e. The molecule has 3 fully saturated rings. The topological polar surface area (TPSA) is 96.4 Å². The van der Waals surface area contributed by atoms with Gasteiger partial charge in [0.05, 0.1) is 30.8 Å². The highest BCUT2D eigenvalue weighted by molar-refractivity contribution is 5.99. The van der Waals surface area contributed by atoms with E-state index >= 15 is 0 Å². The van der Waals surface area contributed by atoms with Crippen LogP contribution >= 0.6 is 0 Å². The fourth-order valence-corrected chi connectivity index (χ4v) is 6.95. The van der Waals surface area contributed by atoms with Gasteiger partial charge in [0.25, 0.3) is 0 Å². The number of hydrogen-bond acceptors (Lipinski definition) is 6. The first-order chi connectivity index (χ1) is 17.7. The number of aliphatic hydroxyl groups excluding tert-OH is 1. The van der Waals surface area contributed by atoms with E-state index < -0.39 is 41.1 Å². The fraction of sp³-hybridized carbons (Fsp3) is 0.621. The number of ether oxygens (including phenoxy) is 2. The molecule has 0 radical (unpaired) electrons. The fourth-order valence-electron chi connectivity index (χ4n) is 6.95. The van der Waals surface area contributed by atoms with Gasteiger partial charge in [-0.2, -0.15) is 0 Å². The number of carbonyl (C=O) groups is 3. The van der Waals surface area contributed by atoms with E-state index in [0.29, 0.717) is 19.4 Å². The Bertz CT molecular complexity index is 1030. The molecule has 1 aromatic rings. The number of rotatable bonds is 11. The molecule has 2 amide bonds. The van der Waals surface area contributed by atoms with Crippen LogP contribution in [0.4, 0.5) is 0 Å². The summed E-state index contributed by atoms with van der Waals surface area (Å²) < 4.78 is 12.1. The highest BCUT2D eigenvalue weighted by Crippen LogP contribution is 2.64. The van der Waals surface area contributed by atoms with Crippen molar-refractivity contribution < 1.29 is 29.0 Å². The number of fused-ring (bicyclic) bond motifs is 1. The van der Waals surface area contributed by atoms with Crippen LogP contribution in [0.2, 0.25) is 0 Å². The molecule has 1 N–H and O–H groups in total. The Hall–Kier alpha value is -2.71. The molecule has 3 aliphatic rings. The van der Waals surface area contributed by atoms with Crippen LogP contribution in [-0.2, 0) is 23.9 Å². The van der Waals surface area contributed by atoms with Crippen molar-refractivity contribution in [1.82, 2.24) is 9.80 Å². The predicted octanol–water partition coefficient (Wildman–Crippen LogP) is 3.25. The van der Waals surface area contributed by atoms with Crippen molar-refractivity contribution in [2.45, 2.75) is 82.7 Å². The van der Waals surface area contributed by atoms with Crippen molar-refractivity contribution in [3.63, 3.8) is 0 Å². The SMILES string of the molecule is C=CCN(C(=O)C1N([C@H](CO)c2ccccc2)C(=O)[C@@H]2[C@@H](C(=O)OCC)[C@@]3(C)CCC12O3)C(C)CCC. The van der Waals surface area contributed by atoms with Crippen LogP contribution in [0.15, 0.2) is 43.0 Å². The number of aliphatic hydroxyl groups is 1. The third kappa shape index (κ3) is 4.28. The standard InChI is InChI=1S/C29H40N2O6/c1-6-12-19(4)30(17-7-2)26(34)24-29-16-15-28(5,37-29)23(27(35)36-8-3)22(29)25(33)31(24)21(18-32)20-13-10-9-11-14-20/h7,9-11,13-14,19,21-24,32H,2,6,8,12,15-18H2,1,3-5H3/t19?,21-,22+,23+,24?,28-,29?/m1/s1. The van der Waals surface area contributed by atoms with Gasteiger partial charge in [-0.25, -0.2) is 0 Å². The van der Waals surface area contributed by atoms with Crippen molar-refractivity contribution in [3.05, 3.63) is 48.6 Å². The lowest BCUT2D eigenvalue weighted by Gasteiger charge is -2.41. The molecule has 0 aliphatic carbocycles. The summed E-state index contributed by atoms with van der Waals surface area (Å²) >= 11 is 0. The van der Waals surface area contributed by atoms with E-state index in [9.17, 15) is 19.5 Å². The summed E-state index contributed by atoms with van der Waals surface area (Å²) in [5.74, 6) is -2.72. The van der Waals surface area contributed by atoms with Crippen LogP contribution in [0.3, 0.4) is 0 Å². The maximum absolute atomic E-state index is 14.5. The largest absolute Gasteiger partial charge is 0.466 e. The number of nitrogens with zero attached hydrogens (tertiary/aromatic N) is 2. The number of amides is 2. The number of carbonyl (C=O) groups excluding carboxylic acids is 3. The van der Waals surface area contributed by atoms with Gasteiger partial charge >= 0.3 is 5.97 Å². The average molecular weight is 513 g/mol. The molecule has 0 aromatic heterocycles. The summed E-state index contributed by atoms with van der Waals surface area (Å²) in [7, 11) is 0. The molecule has 1 aromatic carbocycles. The zero-order valence-electron chi connectivity index (χ0n) is 22.4. The molecule has 1 spiro atoms. The molecule has 7 atom stereocenters. The van der Waals surface area contributed by atoms with Gasteiger partial charge in [-0.05, 0) is 45.6 Å². The van der Waals surface area contributed by atoms with Gasteiger partial charge in [0.1, 0.15) is 17.6 Å². The van der Waals surface area contributed by atoms with E-state index in [1.165, 1.54) is 4.90 Å². The highest BCUT2D eigenvalue weighted by atomic mass is 16.6. The molecule has 8 nitrogen and oxygen atoms in total. The number of esters is 1. The molecule has 8 heteroatoms. The van der Waals surface area contributed by atoms with Gasteiger partial charge in [0.15, 0.2) is 0 Å². The van der Waals surface area contributed by atoms with Crippen LogP contribution in [-0.4, -0.2) is 75.7 Å². The van der Waals surface area contributed by atoms with Crippen molar-refractivity contribution in [3.8, 4) is 0 Å². The lowest BCUT2D eigenvalue weighted by Crippen LogP contribution is -2.58. The summed E-state index contributed by atoms with van der Waals surface area (Å²) in [4.78, 5) is 45.3. The van der Waals surface area contributed by atoms with Gasteiger partial charge < -0.3 is 24.4 Å². The Labute approximate surface area is 219 Å². The number of hydrogen-bond donors (Lipinski definition) is 1. The predicted molar refractivity (Wildman–Crippen MR) is 138 cm³/mol. The molecule has 37 heavy (non-hydrogen) atoms. The molecule has 3 heterocycles. The Morgan fingerprint density at radius 3 is 2.59 bits per heavy atom. The number of likely N-dealkylation sites (tertiary alicyclic amines) is 1. The lowest BCUT2D eigenvalue weighted by atomic mass is 9.66. The highest BCUT2D eigenvalue weighted by Gasteiger charge is 2.79. The molecule has 3 aliphatic heterocycles. The van der Waals surface area contributed by atoms with E-state index in [4.69, 9.17) is 9.47 Å². The monoisotopic (exact) mass is 512 g/mol. The molecule has 0 saturated carbocycles. The van der Waals surface area contributed by atoms with Crippen LogP contribution < -0.4 is 0 Å². The molecule has 4 rings (SSSR count). The molecular weight excluding hydrogens is 472 g/mol. The lowest BCUT2D eigenvalue weighted by molar-refractivity contribution is -0.162. The molecule has 2 bridgehead atoms. The average Bonchev–Trinajstić information content (AvgIpc) is 3.45. The van der Waals surface area contributed by atoms with E-state index in [2.05, 4.69) is 13.5 Å². The Balaban J connectivity index is 1.86. The second kappa shape index (κ2) is 10.6. The quantitative estimate of drug-likeness (QED) is 0.361. The molecule has 202 valence electrons. The summed E-state index contributed by atoms with van der Waals surface area (Å²) in [6.07, 6.45) is 4.39. The van der Waals surface area contributed by atoms with E-state index in [1.807, 2.05) is 44.2 Å². The van der Waals surface area contributed by atoms with Crippen molar-refractivity contribution in [1.29, 1.82) is 0 Å². The molecule has 3 unspecified atom stereocenters. The second-order valence-corrected chi connectivity index (χ2v) is 10.8. The van der Waals surface area contributed by atoms with Gasteiger partial charge in [-0.3, -0.25) is 14.4 Å². The summed E-state index contributed by atoms with van der Waals surface area (Å²) in [6.45, 7) is 11.7. The summed E-state index contributed by atoms with van der Waals surface area (Å²) in [5.41, 5.74) is -1.34. The minimum atomic E-state index is -1.17. The van der Waals surface area contributed by atoms with Crippen molar-refractivity contribution in [2.75, 3.05) is 19.8 Å². The first kappa shape index (κ1) is 27.3. The smallest absolute Gasteiger partial charge is 0.312 e. The Morgan fingerprint density at radius 2 is 2.00 bits per heavy atom. The Morgan fingerprint density at radius 1 is 1.30 bits per heavy atom. The summed E-state index contributed by atoms with van der Waals surface area (Å²) in [6, 6.07) is 7.40. The maximum Gasteiger partial charge on any atom is 0.312 e. The second-order valence-electron chi connectivity index (χ2n) is 10.8. The van der Waals surface area contributed by atoms with Gasteiger partial charge in [-0.1, -0.05) is 49.8 Å². The van der Waals surface area contributed by atoms with E-state index in [-0.39, 0.29) is 31.1 Å². The zero-order valence-corrected chi connectivity index (χ0v) is 22.4. The van der Waals surface area contributed by atoms with Gasteiger partial charge in [-0.15, -0.1) is 6.58 Å². The van der Waals surface area contributed by atoms with Crippen LogP contribution in [0.5, 0.6) is 0 Å². The minimum absolute atomic E-state index is 0.0813. The van der Waals surface area contributed by atoms with Gasteiger partial charge in [0.2, 0.25) is 11.8 Å². The van der Waals surface area contributed by atoms with Crippen LogP contribution in [0.25, 0.3) is 0 Å². The zero-order chi connectivity index (χ0) is 27.0. The first-order valence-electron chi connectivity index (χ1n) is 13.5. The third-order valence-corrected chi connectivity index (χ3v) is 8.53. The molecule has 3 saturated heterocycles.